The molecule has 9 atom stereocenters. The van der Waals surface area contributed by atoms with Crippen LogP contribution < -0.4 is 0 Å². The molecule has 8 nitrogen and oxygen atoms in total. The Labute approximate surface area is 417 Å². The SMILES string of the molecule is CCC(C)(C)C(=O)OCC1CC2CCC1C2.CCC(C)(C)C(=O)OCCC1CC2CCC1C2.CCC(C)(C)C(=O)OCCCC1CC2CCC1C2.CCC(C)(C)C(=O)OCCCC1CCCCC1. The van der Waals surface area contributed by atoms with E-state index in [0.29, 0.717) is 32.3 Å². The molecule has 0 aromatic heterocycles. The van der Waals surface area contributed by atoms with Gasteiger partial charge >= 0.3 is 23.9 Å². The number of carbonyl (C=O) groups is 4. The number of hydrogen-bond acceptors (Lipinski definition) is 8. The molecule has 68 heavy (non-hydrogen) atoms. The highest BCUT2D eigenvalue weighted by atomic mass is 16.5. The zero-order valence-electron chi connectivity index (χ0n) is 46.3. The molecule has 394 valence electrons. The third kappa shape index (κ3) is 18.2. The lowest BCUT2D eigenvalue weighted by atomic mass is 9.86. The summed E-state index contributed by atoms with van der Waals surface area (Å²) in [4.78, 5) is 47.2. The summed E-state index contributed by atoms with van der Waals surface area (Å²) >= 11 is 0. The van der Waals surface area contributed by atoms with Crippen molar-refractivity contribution in [2.24, 2.45) is 80.8 Å². The van der Waals surface area contributed by atoms with Gasteiger partial charge in [-0.3, -0.25) is 19.2 Å². The number of hydrogen-bond donors (Lipinski definition) is 0. The summed E-state index contributed by atoms with van der Waals surface area (Å²) in [6.45, 7) is 26.4. The maximum absolute atomic E-state index is 11.8. The second-order valence-corrected chi connectivity index (χ2v) is 25.8. The number of fused-ring (bicyclic) bond motifs is 6. The fraction of sp³-hybridized carbons (Fsp3) is 0.933. The molecule has 6 bridgehead atoms. The number of ether oxygens (including phenoxy) is 4. The van der Waals surface area contributed by atoms with E-state index in [1.165, 1.54) is 122 Å². The van der Waals surface area contributed by atoms with Gasteiger partial charge in [-0.1, -0.05) is 79.1 Å². The first-order valence-corrected chi connectivity index (χ1v) is 28.8. The third-order valence-electron chi connectivity index (χ3n) is 19.2. The average Bonchev–Trinajstić information content (AvgIpc) is 4.23. The summed E-state index contributed by atoms with van der Waals surface area (Å²) < 4.78 is 21.7. The smallest absolute Gasteiger partial charge is 0.311 e. The van der Waals surface area contributed by atoms with E-state index in [1.54, 1.807) is 0 Å². The predicted molar refractivity (Wildman–Crippen MR) is 277 cm³/mol. The van der Waals surface area contributed by atoms with Crippen LogP contribution in [0.15, 0.2) is 0 Å². The predicted octanol–water partition coefficient (Wildman–Crippen LogP) is 15.7. The van der Waals surface area contributed by atoms with E-state index in [1.807, 2.05) is 83.1 Å². The van der Waals surface area contributed by atoms with Crippen LogP contribution in [-0.2, 0) is 38.1 Å². The maximum atomic E-state index is 11.8. The van der Waals surface area contributed by atoms with Gasteiger partial charge in [0.2, 0.25) is 0 Å². The summed E-state index contributed by atoms with van der Waals surface area (Å²) in [5.74, 6) is 8.97. The van der Waals surface area contributed by atoms with E-state index in [9.17, 15) is 19.2 Å². The van der Waals surface area contributed by atoms with Crippen molar-refractivity contribution in [3.8, 4) is 0 Å². The summed E-state index contributed by atoms with van der Waals surface area (Å²) in [5.41, 5.74) is -1.25. The van der Waals surface area contributed by atoms with Crippen molar-refractivity contribution in [1.82, 2.24) is 0 Å². The normalized spacial score (nSPS) is 28.4. The lowest BCUT2D eigenvalue weighted by Gasteiger charge is -2.25. The van der Waals surface area contributed by atoms with Gasteiger partial charge in [-0.15, -0.1) is 0 Å². The van der Waals surface area contributed by atoms with Gasteiger partial charge in [0.1, 0.15) is 0 Å². The van der Waals surface area contributed by atoms with E-state index >= 15 is 0 Å². The molecule has 0 aromatic carbocycles. The van der Waals surface area contributed by atoms with Gasteiger partial charge in [0, 0.05) is 0 Å². The molecule has 0 aliphatic heterocycles. The van der Waals surface area contributed by atoms with Crippen LogP contribution in [0, 0.1) is 80.8 Å². The first-order chi connectivity index (χ1) is 32.1. The quantitative estimate of drug-likeness (QED) is 0.0636. The molecule has 0 aromatic rings. The van der Waals surface area contributed by atoms with Crippen molar-refractivity contribution in [3.63, 3.8) is 0 Å². The zero-order chi connectivity index (χ0) is 50.1. The maximum Gasteiger partial charge on any atom is 0.311 e. The van der Waals surface area contributed by atoms with Crippen molar-refractivity contribution in [1.29, 1.82) is 0 Å². The van der Waals surface area contributed by atoms with Gasteiger partial charge in [-0.05, 0) is 230 Å². The Balaban J connectivity index is 0.000000198. The molecular weight excluding hydrogens is 849 g/mol. The standard InChI is InChI=1S/C16H28O2.C15H26O2.C15H28O2.C14H24O2/c1-4-16(2,3)15(17)18-9-5-6-13-10-12-7-8-14(13)11-12;1-4-15(2,3)14(16)17-8-7-13-10-11-5-6-12(13)9-11;1-4-15(2,3)14(16)17-12-8-11-13-9-6-5-7-10-13;1-4-14(2,3)13(15)16-9-12-8-10-5-6-11(12)7-10/h12-14H,4-11H2,1-3H3;11-13H,4-10H2,1-3H3;13H,4-12H2,1-3H3;10-12H,4-9H2,1-3H3. The second kappa shape index (κ2) is 27.6. The van der Waals surface area contributed by atoms with Crippen LogP contribution in [-0.4, -0.2) is 50.3 Å². The van der Waals surface area contributed by atoms with Crippen LogP contribution in [0.3, 0.4) is 0 Å². The Bertz CT molecular complexity index is 1520. The minimum atomic E-state index is -0.315. The molecule has 7 aliphatic rings. The Morgan fingerprint density at radius 1 is 0.382 bits per heavy atom. The Hall–Kier alpha value is -2.12. The molecule has 8 heteroatoms. The molecule has 9 unspecified atom stereocenters. The molecule has 7 aliphatic carbocycles. The average molecular weight is 955 g/mol. The second-order valence-electron chi connectivity index (χ2n) is 25.8. The summed E-state index contributed by atoms with van der Waals surface area (Å²) in [7, 11) is 0. The molecule has 0 amide bonds. The molecule has 0 N–H and O–H groups in total. The van der Waals surface area contributed by atoms with E-state index in [-0.39, 0.29) is 45.5 Å². The Morgan fingerprint density at radius 3 is 1.10 bits per heavy atom. The Kier molecular flexibility index (Phi) is 23.8. The number of carbonyl (C=O) groups excluding carboxylic acids is 4. The van der Waals surface area contributed by atoms with Gasteiger partial charge in [-0.25, -0.2) is 0 Å². The number of rotatable bonds is 21. The van der Waals surface area contributed by atoms with E-state index in [0.717, 1.165) is 98.2 Å². The monoisotopic (exact) mass is 955 g/mol. The first kappa shape index (κ1) is 58.5. The molecule has 7 saturated carbocycles. The first-order valence-electron chi connectivity index (χ1n) is 28.8. The zero-order valence-corrected chi connectivity index (χ0v) is 46.3. The third-order valence-corrected chi connectivity index (χ3v) is 19.2. The molecule has 0 spiro atoms. The fourth-order valence-electron chi connectivity index (χ4n) is 12.4. The largest absolute Gasteiger partial charge is 0.465 e. The van der Waals surface area contributed by atoms with Gasteiger partial charge < -0.3 is 18.9 Å². The lowest BCUT2D eigenvalue weighted by Crippen LogP contribution is -2.28. The van der Waals surface area contributed by atoms with Crippen molar-refractivity contribution in [2.75, 3.05) is 26.4 Å². The van der Waals surface area contributed by atoms with Crippen LogP contribution in [0.25, 0.3) is 0 Å². The van der Waals surface area contributed by atoms with E-state index < -0.39 is 0 Å². The van der Waals surface area contributed by atoms with Gasteiger partial charge in [0.05, 0.1) is 48.1 Å². The molecular formula is C60H106O8. The van der Waals surface area contributed by atoms with Crippen LogP contribution in [0.5, 0.6) is 0 Å². The number of esters is 4. The van der Waals surface area contributed by atoms with Crippen molar-refractivity contribution >= 4 is 23.9 Å². The van der Waals surface area contributed by atoms with Crippen LogP contribution >= 0.6 is 0 Å². The molecule has 7 rings (SSSR count). The summed E-state index contributed by atoms with van der Waals surface area (Å²) in [5, 5.41) is 0. The van der Waals surface area contributed by atoms with Crippen molar-refractivity contribution < 1.29 is 38.1 Å². The lowest BCUT2D eigenvalue weighted by molar-refractivity contribution is -0.156. The van der Waals surface area contributed by atoms with Gasteiger partial charge in [-0.2, -0.15) is 0 Å². The van der Waals surface area contributed by atoms with E-state index in [4.69, 9.17) is 18.9 Å². The van der Waals surface area contributed by atoms with Crippen molar-refractivity contribution in [3.05, 3.63) is 0 Å². The summed E-state index contributed by atoms with van der Waals surface area (Å²) in [6.07, 6.45) is 33.1. The van der Waals surface area contributed by atoms with Gasteiger partial charge in [0.25, 0.3) is 0 Å². The molecule has 0 heterocycles. The highest BCUT2D eigenvalue weighted by Gasteiger charge is 2.42. The van der Waals surface area contributed by atoms with E-state index in [2.05, 4.69) is 0 Å². The topological polar surface area (TPSA) is 105 Å². The molecule has 0 radical (unpaired) electrons. The fourth-order valence-corrected chi connectivity index (χ4v) is 12.4. The van der Waals surface area contributed by atoms with Crippen LogP contribution in [0.1, 0.15) is 250 Å². The van der Waals surface area contributed by atoms with Crippen molar-refractivity contribution in [2.45, 2.75) is 250 Å². The summed E-state index contributed by atoms with van der Waals surface area (Å²) in [6, 6.07) is 0. The Morgan fingerprint density at radius 2 is 0.735 bits per heavy atom. The van der Waals surface area contributed by atoms with Crippen LogP contribution in [0.2, 0.25) is 0 Å². The minimum Gasteiger partial charge on any atom is -0.465 e. The van der Waals surface area contributed by atoms with Crippen LogP contribution in [0.4, 0.5) is 0 Å². The molecule has 0 saturated heterocycles. The highest BCUT2D eigenvalue weighted by Crippen LogP contribution is 2.51. The minimum absolute atomic E-state index is 0.0160. The van der Waals surface area contributed by atoms with Gasteiger partial charge in [0.15, 0.2) is 0 Å². The highest BCUT2D eigenvalue weighted by molar-refractivity contribution is 5.77. The molecule has 7 fully saturated rings.